The predicted octanol–water partition coefficient (Wildman–Crippen LogP) is 2.96. The SMILES string of the molecule is C[C@@H](Cn1ccc(-c2ccc(C#N)c(Cl)c2)n1)c1nc(C(N)=O)cn1CC1(C)CO1. The highest BCUT2D eigenvalue weighted by Gasteiger charge is 2.40. The average Bonchev–Trinajstić information content (AvgIpc) is 3.08. The van der Waals surface area contributed by atoms with E-state index in [1.54, 1.807) is 18.3 Å². The standard InChI is InChI=1S/C21H21ClN6O2/c1-13(20-25-18(19(24)29)10-27(20)11-21(2)12-30-21)9-28-6-5-17(26-28)14-3-4-15(8-23)16(22)7-14/h3-7,10,13H,9,11-12H2,1-2H3,(H2,24,29)/t13-,21?/m0/s1. The van der Waals surface area contributed by atoms with Gasteiger partial charge in [-0.05, 0) is 25.1 Å². The highest BCUT2D eigenvalue weighted by Crippen LogP contribution is 2.30. The lowest BCUT2D eigenvalue weighted by Gasteiger charge is -2.15. The van der Waals surface area contributed by atoms with Crippen molar-refractivity contribution in [2.75, 3.05) is 6.61 Å². The Bertz CT molecular complexity index is 1150. The first-order valence-corrected chi connectivity index (χ1v) is 9.90. The van der Waals surface area contributed by atoms with Crippen LogP contribution in [0.4, 0.5) is 0 Å². The summed E-state index contributed by atoms with van der Waals surface area (Å²) in [6.45, 7) is 5.91. The quantitative estimate of drug-likeness (QED) is 0.585. The molecule has 2 N–H and O–H groups in total. The molecule has 3 heterocycles. The highest BCUT2D eigenvalue weighted by atomic mass is 35.5. The number of carbonyl (C=O) groups is 1. The van der Waals surface area contributed by atoms with Crippen molar-refractivity contribution in [3.63, 3.8) is 0 Å². The maximum absolute atomic E-state index is 11.6. The van der Waals surface area contributed by atoms with Crippen LogP contribution in [-0.4, -0.2) is 37.4 Å². The van der Waals surface area contributed by atoms with Crippen LogP contribution in [0.5, 0.6) is 0 Å². The zero-order valence-electron chi connectivity index (χ0n) is 16.7. The summed E-state index contributed by atoms with van der Waals surface area (Å²) in [5.74, 6) is 0.194. The minimum atomic E-state index is -0.553. The van der Waals surface area contributed by atoms with E-state index >= 15 is 0 Å². The summed E-state index contributed by atoms with van der Waals surface area (Å²) >= 11 is 6.14. The minimum Gasteiger partial charge on any atom is -0.368 e. The summed E-state index contributed by atoms with van der Waals surface area (Å²) in [7, 11) is 0. The van der Waals surface area contributed by atoms with Crippen LogP contribution in [0, 0.1) is 11.3 Å². The van der Waals surface area contributed by atoms with Crippen LogP contribution in [0.15, 0.2) is 36.7 Å². The molecule has 154 valence electrons. The van der Waals surface area contributed by atoms with E-state index in [4.69, 9.17) is 27.3 Å². The molecule has 2 atom stereocenters. The molecule has 0 radical (unpaired) electrons. The van der Waals surface area contributed by atoms with Crippen molar-refractivity contribution < 1.29 is 9.53 Å². The molecule has 4 rings (SSSR count). The van der Waals surface area contributed by atoms with Gasteiger partial charge in [-0.3, -0.25) is 9.48 Å². The largest absolute Gasteiger partial charge is 0.368 e. The number of nitrogens with zero attached hydrogens (tertiary/aromatic N) is 5. The van der Waals surface area contributed by atoms with Gasteiger partial charge < -0.3 is 15.0 Å². The molecule has 8 nitrogen and oxygen atoms in total. The molecule has 1 aromatic carbocycles. The molecule has 0 bridgehead atoms. The van der Waals surface area contributed by atoms with Gasteiger partial charge in [0.25, 0.3) is 5.91 Å². The number of halogens is 1. The van der Waals surface area contributed by atoms with E-state index in [2.05, 4.69) is 16.2 Å². The average molecular weight is 425 g/mol. The minimum absolute atomic E-state index is 0.0160. The highest BCUT2D eigenvalue weighted by molar-refractivity contribution is 6.32. The van der Waals surface area contributed by atoms with E-state index < -0.39 is 5.91 Å². The number of imidazole rings is 1. The van der Waals surface area contributed by atoms with Crippen LogP contribution < -0.4 is 5.73 Å². The van der Waals surface area contributed by atoms with Gasteiger partial charge >= 0.3 is 0 Å². The maximum atomic E-state index is 11.6. The Labute approximate surface area is 178 Å². The smallest absolute Gasteiger partial charge is 0.268 e. The van der Waals surface area contributed by atoms with Crippen LogP contribution in [0.3, 0.4) is 0 Å². The zero-order valence-corrected chi connectivity index (χ0v) is 17.4. The van der Waals surface area contributed by atoms with E-state index in [9.17, 15) is 4.79 Å². The fourth-order valence-electron chi connectivity index (χ4n) is 3.39. The van der Waals surface area contributed by atoms with Crippen molar-refractivity contribution in [1.29, 1.82) is 5.26 Å². The summed E-state index contributed by atoms with van der Waals surface area (Å²) in [6.07, 6.45) is 3.57. The third kappa shape index (κ3) is 4.08. The molecule has 1 aliphatic heterocycles. The molecule has 1 amide bonds. The van der Waals surface area contributed by atoms with Crippen molar-refractivity contribution in [3.05, 3.63) is 58.8 Å². The van der Waals surface area contributed by atoms with Crippen LogP contribution in [0.1, 0.15) is 41.6 Å². The van der Waals surface area contributed by atoms with Gasteiger partial charge in [0.1, 0.15) is 23.2 Å². The molecule has 2 aromatic heterocycles. The Morgan fingerprint density at radius 1 is 1.47 bits per heavy atom. The van der Waals surface area contributed by atoms with E-state index in [0.717, 1.165) is 17.1 Å². The number of nitrogens with two attached hydrogens (primary N) is 1. The summed E-state index contributed by atoms with van der Waals surface area (Å²) in [5, 5.41) is 14.0. The lowest BCUT2D eigenvalue weighted by atomic mass is 10.1. The Morgan fingerprint density at radius 2 is 2.23 bits per heavy atom. The number of nitriles is 1. The van der Waals surface area contributed by atoms with Crippen molar-refractivity contribution in [2.45, 2.75) is 38.5 Å². The van der Waals surface area contributed by atoms with Crippen LogP contribution in [0.2, 0.25) is 5.02 Å². The number of ether oxygens (including phenoxy) is 1. The molecule has 3 aromatic rings. The number of carbonyl (C=O) groups excluding carboxylic acids is 1. The van der Waals surface area contributed by atoms with Gasteiger partial charge in [-0.25, -0.2) is 4.98 Å². The molecule has 30 heavy (non-hydrogen) atoms. The van der Waals surface area contributed by atoms with Gasteiger partial charge in [0.2, 0.25) is 0 Å². The Kier molecular flexibility index (Phi) is 5.10. The summed E-state index contributed by atoms with van der Waals surface area (Å²) < 4.78 is 9.26. The molecule has 0 spiro atoms. The van der Waals surface area contributed by atoms with Crippen molar-refractivity contribution >= 4 is 17.5 Å². The van der Waals surface area contributed by atoms with E-state index in [0.29, 0.717) is 30.3 Å². The lowest BCUT2D eigenvalue weighted by molar-refractivity contribution is 0.0995. The lowest BCUT2D eigenvalue weighted by Crippen LogP contribution is -2.19. The third-order valence-corrected chi connectivity index (χ3v) is 5.44. The zero-order chi connectivity index (χ0) is 21.5. The van der Waals surface area contributed by atoms with Gasteiger partial charge in [-0.2, -0.15) is 10.4 Å². The van der Waals surface area contributed by atoms with Gasteiger partial charge in [0, 0.05) is 23.9 Å². The summed E-state index contributed by atoms with van der Waals surface area (Å²) in [5.41, 5.74) is 7.48. The Morgan fingerprint density at radius 3 is 2.87 bits per heavy atom. The van der Waals surface area contributed by atoms with Crippen LogP contribution in [-0.2, 0) is 17.8 Å². The summed E-state index contributed by atoms with van der Waals surface area (Å²) in [4.78, 5) is 16.1. The number of benzene rings is 1. The number of hydrogen-bond donors (Lipinski definition) is 1. The van der Waals surface area contributed by atoms with Gasteiger partial charge in [0.05, 0.1) is 36.0 Å². The number of amides is 1. The summed E-state index contributed by atoms with van der Waals surface area (Å²) in [6, 6.07) is 9.18. The normalized spacial score (nSPS) is 18.7. The van der Waals surface area contributed by atoms with E-state index in [1.165, 1.54) is 0 Å². The van der Waals surface area contributed by atoms with Crippen molar-refractivity contribution in [3.8, 4) is 17.3 Å². The second-order valence-corrected chi connectivity index (χ2v) is 8.25. The van der Waals surface area contributed by atoms with Crippen molar-refractivity contribution in [1.82, 2.24) is 19.3 Å². The number of aromatic nitrogens is 4. The fourth-order valence-corrected chi connectivity index (χ4v) is 3.61. The molecule has 0 aliphatic carbocycles. The van der Waals surface area contributed by atoms with Crippen LogP contribution in [0.25, 0.3) is 11.3 Å². The molecule has 1 saturated heterocycles. The Hall–Kier alpha value is -3.15. The second kappa shape index (κ2) is 7.59. The molecular formula is C21H21ClN6O2. The fraction of sp³-hybridized carbons (Fsp3) is 0.333. The second-order valence-electron chi connectivity index (χ2n) is 7.85. The predicted molar refractivity (Wildman–Crippen MR) is 111 cm³/mol. The monoisotopic (exact) mass is 424 g/mol. The molecule has 1 fully saturated rings. The topological polar surface area (TPSA) is 115 Å². The van der Waals surface area contributed by atoms with Gasteiger partial charge in [0.15, 0.2) is 0 Å². The number of hydrogen-bond acceptors (Lipinski definition) is 5. The Balaban J connectivity index is 1.55. The van der Waals surface area contributed by atoms with E-state index in [-0.39, 0.29) is 17.2 Å². The molecule has 1 unspecified atom stereocenters. The van der Waals surface area contributed by atoms with Crippen LogP contribution >= 0.6 is 11.6 Å². The van der Waals surface area contributed by atoms with E-state index in [1.807, 2.05) is 41.4 Å². The number of primary amides is 1. The maximum Gasteiger partial charge on any atom is 0.268 e. The third-order valence-electron chi connectivity index (χ3n) is 5.13. The van der Waals surface area contributed by atoms with Gasteiger partial charge in [-0.1, -0.05) is 24.6 Å². The first-order chi connectivity index (χ1) is 14.3. The molecular weight excluding hydrogens is 404 g/mol. The molecule has 1 aliphatic rings. The first kappa shape index (κ1) is 20.1. The number of rotatable bonds is 7. The molecule has 9 heteroatoms. The van der Waals surface area contributed by atoms with Gasteiger partial charge in [-0.15, -0.1) is 0 Å². The number of epoxide rings is 1. The molecule has 0 saturated carbocycles. The van der Waals surface area contributed by atoms with Crippen molar-refractivity contribution in [2.24, 2.45) is 5.73 Å². The first-order valence-electron chi connectivity index (χ1n) is 9.52.